The van der Waals surface area contributed by atoms with Gasteiger partial charge in [-0.25, -0.2) is 0 Å². The molecule has 0 aromatic rings. The fourth-order valence-electron chi connectivity index (χ4n) is 0.609. The van der Waals surface area contributed by atoms with Crippen LogP contribution in [0.5, 0.6) is 0 Å². The highest BCUT2D eigenvalue weighted by Gasteiger charge is 2.13. The molecule has 0 saturated heterocycles. The van der Waals surface area contributed by atoms with Crippen LogP contribution in [0.2, 0.25) is 0 Å². The molecule has 0 unspecified atom stereocenters. The lowest BCUT2D eigenvalue weighted by atomic mass is 10.0. The Morgan fingerprint density at radius 3 is 0.500 bits per heavy atom. The van der Waals surface area contributed by atoms with Gasteiger partial charge in [0.15, 0.2) is 0 Å². The second-order valence-corrected chi connectivity index (χ2v) is 11.4. The van der Waals surface area contributed by atoms with E-state index in [2.05, 4.69) is 0 Å². The number of hydrogen-bond acceptors (Lipinski definition) is 10. The Labute approximate surface area is 249 Å². The van der Waals surface area contributed by atoms with Gasteiger partial charge < -0.3 is 46.0 Å². The number of carbonyl (C=O) groups is 1. The molecule has 10 heteroatoms. The van der Waals surface area contributed by atoms with Gasteiger partial charge in [-0.1, -0.05) is 0 Å². The lowest BCUT2D eigenvalue weighted by Crippen LogP contribution is -2.21. The minimum absolute atomic E-state index is 0.0255. The van der Waals surface area contributed by atoms with Crippen LogP contribution >= 0.6 is 0 Å². The molecule has 0 fully saturated rings. The number of aliphatic hydroxyl groups excluding tert-OH is 8. The van der Waals surface area contributed by atoms with Gasteiger partial charge in [-0.05, 0) is 132 Å². The zero-order chi connectivity index (χ0) is 35.4. The first-order valence-corrected chi connectivity index (χ1v) is 13.9. The van der Waals surface area contributed by atoms with Gasteiger partial charge in [-0.2, -0.15) is 0 Å². The van der Waals surface area contributed by atoms with Gasteiger partial charge in [0.2, 0.25) is 0 Å². The van der Waals surface area contributed by atoms with E-state index < -0.39 is 5.60 Å². The average Bonchev–Trinajstić information content (AvgIpc) is 2.47. The monoisotopic (exact) mass is 597 g/mol. The molecule has 0 atom stereocenters. The van der Waals surface area contributed by atoms with Crippen molar-refractivity contribution >= 4 is 5.78 Å². The maximum Gasteiger partial charge on any atom is 0.132 e. The van der Waals surface area contributed by atoms with Crippen LogP contribution in [-0.4, -0.2) is 106 Å². The first kappa shape index (κ1) is 62.8. The van der Waals surface area contributed by atoms with Crippen LogP contribution in [0.1, 0.15) is 138 Å². The standard InChI is InChI=1S/C6H12O2.8C3H8O/c1-5(7)4-6(2,3)8;8*1-3(2)4/h8H,4H2,1-3H3;8*3-4H,1-2H3. The largest absolute Gasteiger partial charge is 0.394 e. The summed E-state index contributed by atoms with van der Waals surface area (Å²) in [6.45, 7) is 32.3. The van der Waals surface area contributed by atoms with Crippen LogP contribution in [0.4, 0.5) is 0 Å². The minimum atomic E-state index is -0.828. The first-order chi connectivity index (χ1) is 17.3. The molecule has 0 aliphatic heterocycles. The van der Waals surface area contributed by atoms with E-state index in [9.17, 15) is 4.79 Å². The van der Waals surface area contributed by atoms with Gasteiger partial charge in [0.25, 0.3) is 0 Å². The molecule has 10 nitrogen and oxygen atoms in total. The zero-order valence-electron chi connectivity index (χ0n) is 29.8. The summed E-state index contributed by atoms with van der Waals surface area (Å²) in [5.41, 5.74) is -0.828. The molecule has 0 heterocycles. The smallest absolute Gasteiger partial charge is 0.132 e. The summed E-state index contributed by atoms with van der Waals surface area (Å²) in [6, 6.07) is 0. The average molecular weight is 597 g/mol. The van der Waals surface area contributed by atoms with Crippen molar-refractivity contribution < 1.29 is 50.8 Å². The molecule has 0 bridgehead atoms. The second kappa shape index (κ2) is 48.1. The normalized spacial score (nSPS) is 9.50. The molecule has 0 aromatic carbocycles. The highest BCUT2D eigenvalue weighted by molar-refractivity contribution is 5.76. The van der Waals surface area contributed by atoms with Gasteiger partial charge in [-0.15, -0.1) is 0 Å². The van der Waals surface area contributed by atoms with Crippen molar-refractivity contribution in [3.63, 3.8) is 0 Å². The Morgan fingerprint density at radius 2 is 0.500 bits per heavy atom. The topological polar surface area (TPSA) is 199 Å². The van der Waals surface area contributed by atoms with Gasteiger partial charge in [0.1, 0.15) is 5.78 Å². The van der Waals surface area contributed by atoms with Crippen molar-refractivity contribution in [2.75, 3.05) is 0 Å². The minimum Gasteiger partial charge on any atom is -0.394 e. The maximum atomic E-state index is 10.3. The Hall–Kier alpha value is -0.690. The third kappa shape index (κ3) is 2650. The number of aliphatic hydroxyl groups is 9. The van der Waals surface area contributed by atoms with E-state index >= 15 is 0 Å². The number of carbonyl (C=O) groups excluding carboxylic acids is 1. The quantitative estimate of drug-likeness (QED) is 0.226. The molecule has 9 N–H and O–H groups in total. The summed E-state index contributed by atoms with van der Waals surface area (Å²) in [7, 11) is 0. The molecule has 0 aliphatic carbocycles. The van der Waals surface area contributed by atoms with Crippen LogP contribution < -0.4 is 0 Å². The van der Waals surface area contributed by atoms with Crippen molar-refractivity contribution in [2.45, 2.75) is 192 Å². The fraction of sp³-hybridized carbons (Fsp3) is 0.967. The molecule has 256 valence electrons. The molecule has 0 radical (unpaired) electrons. The predicted molar refractivity (Wildman–Crippen MR) is 170 cm³/mol. The summed E-state index contributed by atoms with van der Waals surface area (Å²) in [6.07, 6.45) is -1.09. The van der Waals surface area contributed by atoms with E-state index in [0.29, 0.717) is 0 Å². The molecule has 0 spiro atoms. The molecular formula is C30H76O10. The van der Waals surface area contributed by atoms with Crippen molar-refractivity contribution in [1.82, 2.24) is 0 Å². The fourth-order valence-corrected chi connectivity index (χ4v) is 0.609. The van der Waals surface area contributed by atoms with E-state index in [-0.39, 0.29) is 61.0 Å². The van der Waals surface area contributed by atoms with Crippen LogP contribution in [0.25, 0.3) is 0 Å². The van der Waals surface area contributed by atoms with Crippen molar-refractivity contribution in [3.05, 3.63) is 0 Å². The van der Waals surface area contributed by atoms with E-state index in [4.69, 9.17) is 46.0 Å². The van der Waals surface area contributed by atoms with Crippen LogP contribution in [0, 0.1) is 0 Å². The molecule has 40 heavy (non-hydrogen) atoms. The van der Waals surface area contributed by atoms with Crippen LogP contribution in [0.3, 0.4) is 0 Å². The third-order valence-corrected chi connectivity index (χ3v) is 0.682. The van der Waals surface area contributed by atoms with Crippen molar-refractivity contribution in [1.29, 1.82) is 0 Å². The van der Waals surface area contributed by atoms with Gasteiger partial charge in [0.05, 0.1) is 5.60 Å². The highest BCUT2D eigenvalue weighted by Crippen LogP contribution is 2.06. The Bertz CT molecular complexity index is 294. The number of rotatable bonds is 2. The molecule has 0 rings (SSSR count). The van der Waals surface area contributed by atoms with E-state index in [1.54, 1.807) is 125 Å². The van der Waals surface area contributed by atoms with Gasteiger partial charge in [-0.3, -0.25) is 4.79 Å². The Balaban J connectivity index is -0.0000000392. The summed E-state index contributed by atoms with van der Waals surface area (Å²) in [5.74, 6) is 0.0255. The Kier molecular flexibility index (Phi) is 75.5. The van der Waals surface area contributed by atoms with Crippen LogP contribution in [-0.2, 0) is 4.79 Å². The van der Waals surface area contributed by atoms with Crippen molar-refractivity contribution in [3.8, 4) is 0 Å². The third-order valence-electron chi connectivity index (χ3n) is 0.682. The second-order valence-electron chi connectivity index (χ2n) is 11.4. The summed E-state index contributed by atoms with van der Waals surface area (Å²) < 4.78 is 0. The number of Topliss-reactive ketones (excluding diaryl/α,β-unsaturated/α-hetero) is 1. The number of hydrogen-bond donors (Lipinski definition) is 9. The molecule has 0 aliphatic rings. The van der Waals surface area contributed by atoms with E-state index in [0.717, 1.165) is 0 Å². The lowest BCUT2D eigenvalue weighted by molar-refractivity contribution is -0.120. The molecule has 0 saturated carbocycles. The van der Waals surface area contributed by atoms with Gasteiger partial charge in [0, 0.05) is 55.3 Å². The maximum absolute atomic E-state index is 10.3. The SMILES string of the molecule is CC(=O)CC(C)(C)O.CC(C)O.CC(C)O.CC(C)O.CC(C)O.CC(C)O.CC(C)O.CC(C)O.CC(C)O. The molecule has 0 aromatic heterocycles. The van der Waals surface area contributed by atoms with Gasteiger partial charge >= 0.3 is 0 Å². The highest BCUT2D eigenvalue weighted by atomic mass is 16.3. The van der Waals surface area contributed by atoms with E-state index in [1.165, 1.54) is 6.92 Å². The molecule has 0 amide bonds. The predicted octanol–water partition coefficient (Wildman–Crippen LogP) is 3.83. The number of ketones is 1. The summed E-state index contributed by atoms with van der Waals surface area (Å²) in [5, 5.41) is 73.4. The molecular weight excluding hydrogens is 520 g/mol. The van der Waals surface area contributed by atoms with Crippen LogP contribution in [0.15, 0.2) is 0 Å². The summed E-state index contributed by atoms with van der Waals surface area (Å²) in [4.78, 5) is 10.3. The Morgan fingerprint density at radius 1 is 0.425 bits per heavy atom. The van der Waals surface area contributed by atoms with Crippen molar-refractivity contribution in [2.24, 2.45) is 0 Å². The first-order valence-electron chi connectivity index (χ1n) is 13.9. The summed E-state index contributed by atoms with van der Waals surface area (Å²) >= 11 is 0. The lowest BCUT2D eigenvalue weighted by Gasteiger charge is -2.13. The van der Waals surface area contributed by atoms with E-state index in [1.807, 2.05) is 0 Å². The zero-order valence-corrected chi connectivity index (χ0v) is 29.8.